The second-order valence-electron chi connectivity index (χ2n) is 8.60. The molecule has 5 N–H and O–H groups in total. The van der Waals surface area contributed by atoms with Crippen LogP contribution in [0.5, 0.6) is 11.5 Å². The average molecular weight is 520 g/mol. The maximum absolute atomic E-state index is 13.3. The van der Waals surface area contributed by atoms with E-state index in [2.05, 4.69) is 35.4 Å². The second kappa shape index (κ2) is 9.81. The van der Waals surface area contributed by atoms with Gasteiger partial charge in [0.05, 0.1) is 18.1 Å². The third-order valence-corrected chi connectivity index (χ3v) is 5.71. The number of ether oxygens (including phenoxy) is 2. The van der Waals surface area contributed by atoms with Crippen molar-refractivity contribution in [2.45, 2.75) is 26.1 Å². The van der Waals surface area contributed by atoms with Crippen molar-refractivity contribution in [2.75, 3.05) is 16.0 Å². The quantitative estimate of drug-likeness (QED) is 0.371. The van der Waals surface area contributed by atoms with Crippen molar-refractivity contribution >= 4 is 29.1 Å². The summed E-state index contributed by atoms with van der Waals surface area (Å²) < 4.78 is 35.3. The van der Waals surface area contributed by atoms with E-state index in [-0.39, 0.29) is 17.1 Å². The Kier molecular flexibility index (Phi) is 6.37. The first-order valence-electron chi connectivity index (χ1n) is 11.5. The molecule has 2 aromatic carbocycles. The van der Waals surface area contributed by atoms with Crippen LogP contribution in [0.2, 0.25) is 0 Å². The smallest absolute Gasteiger partial charge is 0.402 e. The van der Waals surface area contributed by atoms with Gasteiger partial charge < -0.3 is 31.2 Å². The monoisotopic (exact) mass is 520 g/mol. The number of nitrogens with zero attached hydrogens (tertiary/aromatic N) is 2. The lowest BCUT2D eigenvalue weighted by atomic mass is 10.1. The zero-order valence-electron chi connectivity index (χ0n) is 20.0. The Morgan fingerprint density at radius 1 is 0.974 bits per heavy atom. The van der Waals surface area contributed by atoms with Crippen LogP contribution in [0, 0.1) is 6.92 Å². The molecule has 0 bridgehead atoms. The number of fused-ring (bicyclic) bond motifs is 1. The van der Waals surface area contributed by atoms with Gasteiger partial charge in [0.2, 0.25) is 5.95 Å². The minimum absolute atomic E-state index is 0.0737. The number of nitrogens with two attached hydrogens (primary N) is 1. The topological polar surface area (TPSA) is 140 Å². The number of aromatic nitrogens is 2. The largest absolute Gasteiger partial charge is 0.586 e. The fraction of sp³-hybridized carbons (Fsp3) is 0.154. The van der Waals surface area contributed by atoms with Gasteiger partial charge in [-0.15, -0.1) is 8.78 Å². The third kappa shape index (κ3) is 5.53. The molecule has 0 atom stereocenters. The van der Waals surface area contributed by atoms with Crippen LogP contribution >= 0.6 is 0 Å². The molecular formula is C26H22F2N6O4. The highest BCUT2D eigenvalue weighted by molar-refractivity contribution is 6.08. The molecule has 0 unspecified atom stereocenters. The number of hydrogen-bond donors (Lipinski definition) is 4. The Bertz CT molecular complexity index is 1490. The summed E-state index contributed by atoms with van der Waals surface area (Å²) >= 11 is 0. The molecule has 2 heterocycles. The highest BCUT2D eigenvalue weighted by Gasteiger charge is 2.43. The van der Waals surface area contributed by atoms with Crippen LogP contribution in [0.3, 0.4) is 0 Å². The lowest BCUT2D eigenvalue weighted by molar-refractivity contribution is -0.286. The maximum Gasteiger partial charge on any atom is 0.586 e. The number of benzene rings is 2. The van der Waals surface area contributed by atoms with Crippen molar-refractivity contribution in [3.05, 3.63) is 89.0 Å². The first-order valence-corrected chi connectivity index (χ1v) is 11.5. The lowest BCUT2D eigenvalue weighted by Gasteiger charge is -2.13. The van der Waals surface area contributed by atoms with Crippen LogP contribution < -0.4 is 31.2 Å². The van der Waals surface area contributed by atoms with Crippen molar-refractivity contribution in [3.8, 4) is 11.5 Å². The summed E-state index contributed by atoms with van der Waals surface area (Å²) in [5, 5.41) is 8.45. The molecule has 2 amide bonds. The summed E-state index contributed by atoms with van der Waals surface area (Å²) in [6.45, 7) is 1.75. The summed E-state index contributed by atoms with van der Waals surface area (Å²) in [5.41, 5.74) is 9.18. The van der Waals surface area contributed by atoms with E-state index in [9.17, 15) is 18.4 Å². The third-order valence-electron chi connectivity index (χ3n) is 5.71. The SMILES string of the molecule is Cc1ccc(NC(=O)c2ccc3c(c2)OC(F)(F)O3)cc1C(=O)Nc1cnc(NC2=CCCC(N)=C2)nc1. The molecule has 0 spiro atoms. The zero-order chi connectivity index (χ0) is 26.9. The number of aryl methyl sites for hydroxylation is 1. The Balaban J connectivity index is 1.24. The number of amides is 2. The Morgan fingerprint density at radius 3 is 2.47 bits per heavy atom. The minimum atomic E-state index is -3.78. The van der Waals surface area contributed by atoms with E-state index in [1.165, 1.54) is 30.6 Å². The molecule has 0 radical (unpaired) electrons. The molecule has 5 rings (SSSR count). The standard InChI is InChI=1S/C26H22F2N6O4/c1-14-5-7-18(32-23(35)15-6-8-21-22(9-15)38-26(27,28)37-21)11-20(14)24(36)33-19-12-30-25(31-13-19)34-17-4-2-3-16(29)10-17/h4-13H,2-3,29H2,1H3,(H,32,35)(H,33,36)(H,30,31,34). The number of carbonyl (C=O) groups is 2. The van der Waals surface area contributed by atoms with Crippen molar-refractivity contribution in [1.82, 2.24) is 9.97 Å². The van der Waals surface area contributed by atoms with Gasteiger partial charge in [-0.2, -0.15) is 0 Å². The fourth-order valence-corrected chi connectivity index (χ4v) is 3.83. The number of carbonyl (C=O) groups excluding carboxylic acids is 2. The fourth-order valence-electron chi connectivity index (χ4n) is 3.83. The number of allylic oxidation sites excluding steroid dienone is 3. The second-order valence-corrected chi connectivity index (χ2v) is 8.60. The number of halogens is 2. The average Bonchev–Trinajstić information content (AvgIpc) is 3.19. The van der Waals surface area contributed by atoms with Crippen LogP contribution in [-0.4, -0.2) is 28.1 Å². The molecule has 0 fully saturated rings. The first-order chi connectivity index (χ1) is 18.1. The molecule has 10 nitrogen and oxygen atoms in total. The van der Waals surface area contributed by atoms with Crippen molar-refractivity contribution in [2.24, 2.45) is 5.73 Å². The van der Waals surface area contributed by atoms with Crippen LogP contribution in [0.15, 0.2) is 72.3 Å². The van der Waals surface area contributed by atoms with Gasteiger partial charge in [0.1, 0.15) is 0 Å². The molecule has 0 saturated carbocycles. The van der Waals surface area contributed by atoms with Crippen LogP contribution in [0.4, 0.5) is 26.1 Å². The van der Waals surface area contributed by atoms with Crippen LogP contribution in [-0.2, 0) is 0 Å². The van der Waals surface area contributed by atoms with E-state index >= 15 is 0 Å². The Hall–Kier alpha value is -5.00. The summed E-state index contributed by atoms with van der Waals surface area (Å²) in [5.74, 6) is -1.07. The van der Waals surface area contributed by atoms with Crippen molar-refractivity contribution in [1.29, 1.82) is 0 Å². The van der Waals surface area contributed by atoms with E-state index < -0.39 is 18.1 Å². The van der Waals surface area contributed by atoms with Crippen molar-refractivity contribution in [3.63, 3.8) is 0 Å². The van der Waals surface area contributed by atoms with Crippen LogP contribution in [0.25, 0.3) is 0 Å². The maximum atomic E-state index is 13.3. The Morgan fingerprint density at radius 2 is 1.71 bits per heavy atom. The molecule has 1 aliphatic heterocycles. The minimum Gasteiger partial charge on any atom is -0.402 e. The van der Waals surface area contributed by atoms with Gasteiger partial charge >= 0.3 is 6.29 Å². The lowest BCUT2D eigenvalue weighted by Crippen LogP contribution is -2.25. The summed E-state index contributed by atoms with van der Waals surface area (Å²) in [7, 11) is 0. The van der Waals surface area contributed by atoms with Crippen molar-refractivity contribution < 1.29 is 27.8 Å². The van der Waals surface area contributed by atoms with Crippen LogP contribution in [0.1, 0.15) is 39.1 Å². The van der Waals surface area contributed by atoms with Gasteiger partial charge in [0, 0.05) is 28.2 Å². The number of rotatable bonds is 6. The van der Waals surface area contributed by atoms with E-state index in [0.29, 0.717) is 28.5 Å². The number of hydrogen-bond acceptors (Lipinski definition) is 8. The van der Waals surface area contributed by atoms with E-state index in [0.717, 1.165) is 30.3 Å². The summed E-state index contributed by atoms with van der Waals surface area (Å²) in [4.78, 5) is 34.1. The van der Waals surface area contributed by atoms with Gasteiger partial charge in [-0.05, 0) is 61.7 Å². The molecule has 3 aromatic rings. The predicted molar refractivity (Wildman–Crippen MR) is 135 cm³/mol. The van der Waals surface area contributed by atoms with E-state index in [1.807, 2.05) is 12.2 Å². The van der Waals surface area contributed by atoms with Gasteiger partial charge in [0.25, 0.3) is 11.8 Å². The zero-order valence-corrected chi connectivity index (χ0v) is 20.0. The van der Waals surface area contributed by atoms with Gasteiger partial charge in [-0.25, -0.2) is 9.97 Å². The molecule has 0 saturated heterocycles. The first kappa shape index (κ1) is 24.7. The number of alkyl halides is 2. The summed E-state index contributed by atoms with van der Waals surface area (Å²) in [6, 6.07) is 8.51. The van der Waals surface area contributed by atoms with E-state index in [4.69, 9.17) is 5.73 Å². The van der Waals surface area contributed by atoms with Gasteiger partial charge in [-0.1, -0.05) is 12.1 Å². The molecule has 194 valence electrons. The molecule has 1 aliphatic carbocycles. The summed E-state index contributed by atoms with van der Waals surface area (Å²) in [6.07, 6.45) is 4.60. The molecule has 12 heteroatoms. The highest BCUT2D eigenvalue weighted by Crippen LogP contribution is 2.41. The molecule has 2 aliphatic rings. The van der Waals surface area contributed by atoms with E-state index in [1.54, 1.807) is 19.1 Å². The number of nitrogens with one attached hydrogen (secondary N) is 3. The molecule has 38 heavy (non-hydrogen) atoms. The van der Waals surface area contributed by atoms with Gasteiger partial charge in [-0.3, -0.25) is 9.59 Å². The predicted octanol–water partition coefficient (Wildman–Crippen LogP) is 4.54. The molecular weight excluding hydrogens is 498 g/mol. The highest BCUT2D eigenvalue weighted by atomic mass is 19.3. The van der Waals surface area contributed by atoms with Gasteiger partial charge in [0.15, 0.2) is 11.5 Å². The Labute approximate surface area is 215 Å². The normalized spacial score (nSPS) is 15.2. The number of anilines is 3. The molecule has 1 aromatic heterocycles.